The molecule has 0 bridgehead atoms. The summed E-state index contributed by atoms with van der Waals surface area (Å²) in [6, 6.07) is 9.67. The van der Waals surface area contributed by atoms with Crippen LogP contribution in [0.15, 0.2) is 41.3 Å². The van der Waals surface area contributed by atoms with Crippen molar-refractivity contribution in [3.63, 3.8) is 0 Å². The van der Waals surface area contributed by atoms with Gasteiger partial charge >= 0.3 is 0 Å². The Morgan fingerprint density at radius 2 is 1.82 bits per heavy atom. The molecule has 2 aliphatic rings. The largest absolute Gasteiger partial charge is 0.494 e. The number of amides is 1. The Balaban J connectivity index is 1.33. The smallest absolute Gasteiger partial charge is 0.251 e. The Morgan fingerprint density at radius 1 is 1.09 bits per heavy atom. The third-order valence-corrected chi connectivity index (χ3v) is 7.73. The highest BCUT2D eigenvalue weighted by Crippen LogP contribution is 2.24. The SMILES string of the molecule is COc1ccc(CN2CCC(NC(=O)c3cc(S(=O)(=O)NC4CC4)ccc3C)CC2)cc1F. The second kappa shape index (κ2) is 9.79. The summed E-state index contributed by atoms with van der Waals surface area (Å²) in [5.41, 5.74) is 1.99. The van der Waals surface area contributed by atoms with Gasteiger partial charge < -0.3 is 10.1 Å². The summed E-state index contributed by atoms with van der Waals surface area (Å²) >= 11 is 0. The molecule has 4 rings (SSSR count). The van der Waals surface area contributed by atoms with Crippen LogP contribution in [0.3, 0.4) is 0 Å². The molecule has 1 amide bonds. The number of rotatable bonds is 8. The number of piperidine rings is 1. The van der Waals surface area contributed by atoms with E-state index in [0.29, 0.717) is 12.1 Å². The lowest BCUT2D eigenvalue weighted by molar-refractivity contribution is 0.0908. The van der Waals surface area contributed by atoms with Gasteiger partial charge in [-0.2, -0.15) is 0 Å². The van der Waals surface area contributed by atoms with Gasteiger partial charge in [0.15, 0.2) is 11.6 Å². The minimum atomic E-state index is -3.62. The number of sulfonamides is 1. The summed E-state index contributed by atoms with van der Waals surface area (Å²) < 4.78 is 46.6. The third kappa shape index (κ3) is 5.90. The number of nitrogens with one attached hydrogen (secondary N) is 2. The standard InChI is InChI=1S/C24H30FN3O4S/c1-16-3-7-20(33(30,31)27-19-5-6-19)14-21(16)24(29)26-18-9-11-28(12-10-18)15-17-4-8-23(32-2)22(25)13-17/h3-4,7-8,13-14,18-19,27H,5-6,9-12,15H2,1-2H3,(H,26,29). The van der Waals surface area contributed by atoms with E-state index in [9.17, 15) is 17.6 Å². The molecule has 0 radical (unpaired) electrons. The zero-order chi connectivity index (χ0) is 23.6. The van der Waals surface area contributed by atoms with Crippen LogP contribution >= 0.6 is 0 Å². The van der Waals surface area contributed by atoms with Gasteiger partial charge in [0.1, 0.15) is 0 Å². The van der Waals surface area contributed by atoms with E-state index in [4.69, 9.17) is 4.74 Å². The summed E-state index contributed by atoms with van der Waals surface area (Å²) in [6.07, 6.45) is 3.24. The molecule has 1 saturated heterocycles. The fourth-order valence-corrected chi connectivity index (χ4v) is 5.40. The molecular formula is C24H30FN3O4S. The van der Waals surface area contributed by atoms with Crippen molar-refractivity contribution in [1.29, 1.82) is 0 Å². The van der Waals surface area contributed by atoms with Crippen molar-refractivity contribution in [3.05, 3.63) is 58.9 Å². The molecule has 0 aromatic heterocycles. The third-order valence-electron chi connectivity index (χ3n) is 6.21. The zero-order valence-corrected chi connectivity index (χ0v) is 19.8. The Hall–Kier alpha value is -2.49. The molecule has 33 heavy (non-hydrogen) atoms. The first-order chi connectivity index (χ1) is 15.7. The number of carbonyl (C=O) groups excluding carboxylic acids is 1. The van der Waals surface area contributed by atoms with Crippen molar-refractivity contribution >= 4 is 15.9 Å². The van der Waals surface area contributed by atoms with Gasteiger partial charge in [-0.15, -0.1) is 0 Å². The lowest BCUT2D eigenvalue weighted by Gasteiger charge is -2.32. The average Bonchev–Trinajstić information content (AvgIpc) is 3.58. The van der Waals surface area contributed by atoms with Crippen LogP contribution in [0, 0.1) is 12.7 Å². The van der Waals surface area contributed by atoms with Crippen molar-refractivity contribution in [2.45, 2.75) is 56.1 Å². The molecule has 1 heterocycles. The number of carbonyl (C=O) groups is 1. The van der Waals surface area contributed by atoms with E-state index in [-0.39, 0.29) is 34.5 Å². The van der Waals surface area contributed by atoms with E-state index in [1.807, 2.05) is 6.07 Å². The molecule has 0 atom stereocenters. The van der Waals surface area contributed by atoms with Crippen molar-refractivity contribution in [1.82, 2.24) is 14.9 Å². The number of likely N-dealkylation sites (tertiary alicyclic amines) is 1. The number of ether oxygens (including phenoxy) is 1. The van der Waals surface area contributed by atoms with Crippen LogP contribution in [0.25, 0.3) is 0 Å². The fourth-order valence-electron chi connectivity index (χ4n) is 4.07. The summed E-state index contributed by atoms with van der Waals surface area (Å²) in [4.78, 5) is 15.3. The maximum Gasteiger partial charge on any atom is 0.251 e. The molecule has 1 saturated carbocycles. The number of nitrogens with zero attached hydrogens (tertiary/aromatic N) is 1. The molecule has 1 aliphatic heterocycles. The van der Waals surface area contributed by atoms with Crippen LogP contribution < -0.4 is 14.8 Å². The molecule has 9 heteroatoms. The number of hydrogen-bond donors (Lipinski definition) is 2. The van der Waals surface area contributed by atoms with E-state index in [1.54, 1.807) is 19.1 Å². The van der Waals surface area contributed by atoms with Gasteiger partial charge in [0.25, 0.3) is 5.91 Å². The van der Waals surface area contributed by atoms with Crippen molar-refractivity contribution in [2.75, 3.05) is 20.2 Å². The number of halogens is 1. The van der Waals surface area contributed by atoms with Gasteiger partial charge in [-0.05, 0) is 68.0 Å². The van der Waals surface area contributed by atoms with Crippen LogP contribution in [-0.2, 0) is 16.6 Å². The average molecular weight is 476 g/mol. The normalized spacial score (nSPS) is 17.7. The minimum absolute atomic E-state index is 0.00519. The molecular weight excluding hydrogens is 445 g/mol. The molecule has 0 spiro atoms. The van der Waals surface area contributed by atoms with Gasteiger partial charge in [-0.1, -0.05) is 12.1 Å². The van der Waals surface area contributed by atoms with Gasteiger partial charge in [0.05, 0.1) is 12.0 Å². The first-order valence-corrected chi connectivity index (χ1v) is 12.7. The quantitative estimate of drug-likeness (QED) is 0.613. The number of aryl methyl sites for hydroxylation is 1. The first kappa shape index (κ1) is 23.7. The maximum atomic E-state index is 13.9. The summed E-state index contributed by atoms with van der Waals surface area (Å²) in [7, 11) is -2.18. The van der Waals surface area contributed by atoms with Crippen LogP contribution in [0.2, 0.25) is 0 Å². The van der Waals surface area contributed by atoms with E-state index < -0.39 is 10.0 Å². The Bertz CT molecular complexity index is 1130. The lowest BCUT2D eigenvalue weighted by atomic mass is 10.0. The second-order valence-corrected chi connectivity index (χ2v) is 10.6. The van der Waals surface area contributed by atoms with E-state index >= 15 is 0 Å². The molecule has 1 aliphatic carbocycles. The van der Waals surface area contributed by atoms with Crippen molar-refractivity contribution in [3.8, 4) is 5.75 Å². The number of methoxy groups -OCH3 is 1. The molecule has 2 fully saturated rings. The molecule has 2 aromatic rings. The summed E-state index contributed by atoms with van der Waals surface area (Å²) in [5.74, 6) is -0.397. The van der Waals surface area contributed by atoms with Crippen LogP contribution in [0.4, 0.5) is 4.39 Å². The predicted octanol–water partition coefficient (Wildman–Crippen LogP) is 2.98. The van der Waals surface area contributed by atoms with Crippen molar-refractivity contribution < 1.29 is 22.3 Å². The Labute approximate surface area is 194 Å². The highest BCUT2D eigenvalue weighted by molar-refractivity contribution is 7.89. The second-order valence-electron chi connectivity index (χ2n) is 8.87. The molecule has 2 aromatic carbocycles. The molecule has 7 nitrogen and oxygen atoms in total. The van der Waals surface area contributed by atoms with Gasteiger partial charge in [-0.25, -0.2) is 17.5 Å². The molecule has 0 unspecified atom stereocenters. The minimum Gasteiger partial charge on any atom is -0.494 e. The van der Waals surface area contributed by atoms with Crippen LogP contribution in [0.1, 0.15) is 47.2 Å². The highest BCUT2D eigenvalue weighted by atomic mass is 32.2. The van der Waals surface area contributed by atoms with Gasteiger partial charge in [0, 0.05) is 37.3 Å². The predicted molar refractivity (Wildman–Crippen MR) is 123 cm³/mol. The number of hydrogen-bond acceptors (Lipinski definition) is 5. The fraction of sp³-hybridized carbons (Fsp3) is 0.458. The topological polar surface area (TPSA) is 87.7 Å². The molecule has 178 valence electrons. The summed E-state index contributed by atoms with van der Waals surface area (Å²) in [5, 5.41) is 3.06. The van der Waals surface area contributed by atoms with E-state index in [0.717, 1.165) is 49.9 Å². The van der Waals surface area contributed by atoms with Gasteiger partial charge in [0.2, 0.25) is 10.0 Å². The van der Waals surface area contributed by atoms with Crippen molar-refractivity contribution in [2.24, 2.45) is 0 Å². The Kier molecular flexibility index (Phi) is 7.02. The molecule has 2 N–H and O–H groups in total. The zero-order valence-electron chi connectivity index (χ0n) is 18.9. The monoisotopic (exact) mass is 475 g/mol. The number of benzene rings is 2. The van der Waals surface area contributed by atoms with Gasteiger partial charge in [-0.3, -0.25) is 9.69 Å². The highest BCUT2D eigenvalue weighted by Gasteiger charge is 2.29. The summed E-state index contributed by atoms with van der Waals surface area (Å²) in [6.45, 7) is 3.99. The first-order valence-electron chi connectivity index (χ1n) is 11.2. The van der Waals surface area contributed by atoms with Crippen LogP contribution in [0.5, 0.6) is 5.75 Å². The van der Waals surface area contributed by atoms with E-state index in [1.165, 1.54) is 25.3 Å². The maximum absolute atomic E-state index is 13.9. The van der Waals surface area contributed by atoms with E-state index in [2.05, 4.69) is 14.9 Å². The van der Waals surface area contributed by atoms with Crippen LogP contribution in [-0.4, -0.2) is 51.5 Å². The lowest BCUT2D eigenvalue weighted by Crippen LogP contribution is -2.44. The Morgan fingerprint density at radius 3 is 2.45 bits per heavy atom.